The molecule has 0 aromatic heterocycles. The third-order valence-corrected chi connectivity index (χ3v) is 6.13. The van der Waals surface area contributed by atoms with Gasteiger partial charge in [-0.25, -0.2) is 0 Å². The number of fused-ring (bicyclic) bond motifs is 1. The molecule has 0 spiro atoms. The van der Waals surface area contributed by atoms with Crippen LogP contribution in [0.25, 0.3) is 0 Å². The molecule has 2 bridgehead atoms. The predicted molar refractivity (Wildman–Crippen MR) is 90.6 cm³/mol. The molecule has 3 atom stereocenters. The molecule has 2 fully saturated rings. The molecule has 4 rings (SSSR count). The lowest BCUT2D eigenvalue weighted by atomic mass is 9.52. The maximum Gasteiger partial charge on any atom is 0.119 e. The molecule has 1 saturated carbocycles. The first-order valence-electron chi connectivity index (χ1n) is 10.7. The zero-order valence-electron chi connectivity index (χ0n) is 17.7. The zero-order valence-corrected chi connectivity index (χ0v) is 13.7. The minimum atomic E-state index is -2.01. The van der Waals surface area contributed by atoms with E-state index in [1.54, 1.807) is 18.7 Å². The standard InChI is InChI=1S/C20H29NO/c1-14(2)22-16-8-7-15-12-19-17-6-4-5-9-20(17,18(15)13-16)10-11-21(19)3/h7-8,13-14,17,19H,4-6,9-12H2,1-3H3/t17-,19+,20+/m1/s1/i3D3,14D. The third kappa shape index (κ3) is 2.11. The summed E-state index contributed by atoms with van der Waals surface area (Å²) in [5.41, 5.74) is 2.73. The van der Waals surface area contributed by atoms with E-state index in [2.05, 4.69) is 12.1 Å². The molecule has 3 aliphatic rings. The van der Waals surface area contributed by atoms with Gasteiger partial charge in [0.1, 0.15) is 5.75 Å². The van der Waals surface area contributed by atoms with E-state index >= 15 is 0 Å². The van der Waals surface area contributed by atoms with Gasteiger partial charge in [0.15, 0.2) is 0 Å². The molecule has 0 N–H and O–H groups in total. The van der Waals surface area contributed by atoms with Crippen LogP contribution in [0.3, 0.4) is 0 Å². The summed E-state index contributed by atoms with van der Waals surface area (Å²) >= 11 is 0. The fourth-order valence-electron chi connectivity index (χ4n) is 5.28. The largest absolute Gasteiger partial charge is 0.491 e. The number of piperidine rings is 1. The molecule has 1 aromatic carbocycles. The molecule has 0 unspecified atom stereocenters. The minimum absolute atomic E-state index is 0.0871. The lowest BCUT2D eigenvalue weighted by Crippen LogP contribution is -2.59. The highest BCUT2D eigenvalue weighted by Gasteiger charge is 2.53. The summed E-state index contributed by atoms with van der Waals surface area (Å²) in [4.78, 5) is 1.79. The van der Waals surface area contributed by atoms with Crippen LogP contribution in [0.1, 0.15) is 62.6 Å². The monoisotopic (exact) mass is 303 g/mol. The Bertz CT molecular complexity index is 696. The Morgan fingerprint density at radius 3 is 3.09 bits per heavy atom. The Morgan fingerprint density at radius 1 is 1.36 bits per heavy atom. The highest BCUT2D eigenvalue weighted by Crippen LogP contribution is 2.55. The van der Waals surface area contributed by atoms with E-state index in [1.165, 1.54) is 24.0 Å². The lowest BCUT2D eigenvalue weighted by molar-refractivity contribution is 0.00266. The van der Waals surface area contributed by atoms with E-state index < -0.39 is 13.1 Å². The van der Waals surface area contributed by atoms with Gasteiger partial charge in [-0.2, -0.15) is 0 Å². The molecule has 1 saturated heterocycles. The van der Waals surface area contributed by atoms with E-state index in [-0.39, 0.29) is 11.5 Å². The Morgan fingerprint density at radius 2 is 2.27 bits per heavy atom. The van der Waals surface area contributed by atoms with Gasteiger partial charge in [0.2, 0.25) is 0 Å². The third-order valence-electron chi connectivity index (χ3n) is 6.13. The molecule has 120 valence electrons. The van der Waals surface area contributed by atoms with Crippen LogP contribution in [-0.2, 0) is 11.8 Å². The van der Waals surface area contributed by atoms with Crippen LogP contribution in [0.2, 0.25) is 0 Å². The van der Waals surface area contributed by atoms with Crippen molar-refractivity contribution in [3.8, 4) is 5.75 Å². The summed E-state index contributed by atoms with van der Waals surface area (Å²) < 4.78 is 37.8. The summed E-state index contributed by atoms with van der Waals surface area (Å²) in [7, 11) is 0. The van der Waals surface area contributed by atoms with Crippen molar-refractivity contribution in [2.24, 2.45) is 5.92 Å². The first-order chi connectivity index (χ1) is 12.1. The van der Waals surface area contributed by atoms with E-state index in [0.717, 1.165) is 31.4 Å². The van der Waals surface area contributed by atoms with Gasteiger partial charge in [-0.15, -0.1) is 0 Å². The fourth-order valence-corrected chi connectivity index (χ4v) is 5.28. The molecule has 2 heteroatoms. The van der Waals surface area contributed by atoms with Crippen molar-refractivity contribution in [2.45, 2.75) is 69.9 Å². The number of hydrogen-bond donors (Lipinski definition) is 0. The molecular weight excluding hydrogens is 270 g/mol. The van der Waals surface area contributed by atoms with Crippen LogP contribution in [0.15, 0.2) is 18.2 Å². The number of likely N-dealkylation sites (tertiary alicyclic amines) is 1. The second kappa shape index (κ2) is 5.26. The molecule has 2 aliphatic carbocycles. The van der Waals surface area contributed by atoms with Gasteiger partial charge in [0.25, 0.3) is 0 Å². The second-order valence-electron chi connectivity index (χ2n) is 7.55. The summed E-state index contributed by atoms with van der Waals surface area (Å²) in [6.07, 6.45) is 5.43. The summed E-state index contributed by atoms with van der Waals surface area (Å²) in [6.45, 7) is 2.13. The zero-order chi connectivity index (χ0) is 18.7. The van der Waals surface area contributed by atoms with Crippen molar-refractivity contribution >= 4 is 0 Å². The Balaban J connectivity index is 1.78. The van der Waals surface area contributed by atoms with Crippen molar-refractivity contribution < 1.29 is 10.2 Å². The molecule has 1 aromatic rings. The highest BCUT2D eigenvalue weighted by atomic mass is 16.5. The van der Waals surface area contributed by atoms with Crippen molar-refractivity contribution in [2.75, 3.05) is 13.5 Å². The number of likely N-dealkylation sites (N-methyl/N-ethyl adjacent to an activating group) is 1. The molecule has 2 nitrogen and oxygen atoms in total. The van der Waals surface area contributed by atoms with Crippen molar-refractivity contribution in [1.29, 1.82) is 0 Å². The number of benzene rings is 1. The van der Waals surface area contributed by atoms with Crippen molar-refractivity contribution in [3.63, 3.8) is 0 Å². The number of hydrogen-bond acceptors (Lipinski definition) is 2. The summed E-state index contributed by atoms with van der Waals surface area (Å²) in [5.74, 6) is 1.18. The molecule has 0 radical (unpaired) electrons. The predicted octanol–water partition coefficient (Wildman–Crippen LogP) is 4.16. The van der Waals surface area contributed by atoms with E-state index in [4.69, 9.17) is 10.2 Å². The average molecular weight is 303 g/mol. The smallest absolute Gasteiger partial charge is 0.119 e. The maximum absolute atomic E-state index is 8.03. The van der Waals surface area contributed by atoms with Crippen LogP contribution in [-0.4, -0.2) is 30.5 Å². The highest BCUT2D eigenvalue weighted by molar-refractivity contribution is 5.45. The fraction of sp³-hybridized carbons (Fsp3) is 0.700. The first kappa shape index (κ1) is 10.7. The number of rotatable bonds is 2. The van der Waals surface area contributed by atoms with Gasteiger partial charge < -0.3 is 9.64 Å². The van der Waals surface area contributed by atoms with E-state index in [1.807, 2.05) is 6.07 Å². The second-order valence-corrected chi connectivity index (χ2v) is 7.55. The normalized spacial score (nSPS) is 37.9. The lowest BCUT2D eigenvalue weighted by Gasteiger charge is -2.58. The SMILES string of the molecule is [2H]C(C)(C)Oc1ccc2c(c1)[C@]13CCCC[C@@H]1[C@H](C2)N(C([2H])([2H])[2H])CC3. The first-order valence-corrected chi connectivity index (χ1v) is 8.69. The summed E-state index contributed by atoms with van der Waals surface area (Å²) in [5, 5.41) is 0. The molecule has 1 aliphatic heterocycles. The molecule has 0 amide bonds. The van der Waals surface area contributed by atoms with E-state index in [0.29, 0.717) is 12.5 Å². The van der Waals surface area contributed by atoms with Crippen molar-refractivity contribution in [3.05, 3.63) is 29.3 Å². The van der Waals surface area contributed by atoms with Crippen LogP contribution in [0.5, 0.6) is 5.75 Å². The Labute approximate surface area is 140 Å². The van der Waals surface area contributed by atoms with Crippen LogP contribution < -0.4 is 4.74 Å². The van der Waals surface area contributed by atoms with E-state index in [9.17, 15) is 0 Å². The average Bonchev–Trinajstić information content (AvgIpc) is 2.53. The molecule has 22 heavy (non-hydrogen) atoms. The van der Waals surface area contributed by atoms with Crippen LogP contribution in [0, 0.1) is 5.92 Å². The Hall–Kier alpha value is -1.02. The quantitative estimate of drug-likeness (QED) is 0.813. The number of ether oxygens (including phenoxy) is 1. The molecule has 1 heterocycles. The van der Waals surface area contributed by atoms with Gasteiger partial charge in [-0.3, -0.25) is 0 Å². The topological polar surface area (TPSA) is 12.5 Å². The Kier molecular flexibility index (Phi) is 2.56. The molecular formula is C20H29NO. The van der Waals surface area contributed by atoms with Crippen molar-refractivity contribution in [1.82, 2.24) is 4.90 Å². The van der Waals surface area contributed by atoms with Gasteiger partial charge in [0, 0.05) is 15.6 Å². The van der Waals surface area contributed by atoms with Gasteiger partial charge in [-0.1, -0.05) is 18.9 Å². The number of nitrogens with zero attached hydrogens (tertiary/aromatic N) is 1. The van der Waals surface area contributed by atoms with Crippen LogP contribution in [0.4, 0.5) is 0 Å². The van der Waals surface area contributed by atoms with Gasteiger partial charge in [0.05, 0.1) is 7.45 Å². The van der Waals surface area contributed by atoms with Crippen LogP contribution >= 0.6 is 0 Å². The van der Waals surface area contributed by atoms with Gasteiger partial charge in [-0.05, 0) is 82.2 Å². The maximum atomic E-state index is 8.03. The minimum Gasteiger partial charge on any atom is -0.491 e. The summed E-state index contributed by atoms with van der Waals surface area (Å²) in [6, 6.07) is 6.33. The van der Waals surface area contributed by atoms with Gasteiger partial charge >= 0.3 is 0 Å².